The molecule has 0 aromatic heterocycles. The van der Waals surface area contributed by atoms with Crippen LogP contribution in [-0.2, 0) is 9.09 Å². The number of phosphoric acid groups is 1. The first-order chi connectivity index (χ1) is 4.96. The lowest BCUT2D eigenvalue weighted by Crippen LogP contribution is -2.46. The molecule has 0 heterocycles. The molecule has 0 saturated carbocycles. The summed E-state index contributed by atoms with van der Waals surface area (Å²) in [5.41, 5.74) is -2.60. The molecule has 0 amide bonds. The fourth-order valence-electron chi connectivity index (χ4n) is 0.409. The maximum Gasteiger partial charge on any atom is 0.470 e. The Balaban J connectivity index is 4.56. The van der Waals surface area contributed by atoms with E-state index in [1.54, 1.807) is 0 Å². The van der Waals surface area contributed by atoms with Gasteiger partial charge in [-0.25, -0.2) is 4.57 Å². The average Bonchev–Trinajstić information content (AvgIpc) is 1.52. The van der Waals surface area contributed by atoms with Gasteiger partial charge in [0, 0.05) is 0 Å². The summed E-state index contributed by atoms with van der Waals surface area (Å²) in [6.07, 6.45) is 0. The van der Waals surface area contributed by atoms with Crippen molar-refractivity contribution in [1.29, 1.82) is 0 Å². The minimum atomic E-state index is -4.54. The fourth-order valence-corrected chi connectivity index (χ4v) is 1.23. The van der Waals surface area contributed by atoms with Gasteiger partial charge < -0.3 is 14.9 Å². The molecule has 0 atom stereocenters. The average molecular weight is 198 g/mol. The maximum absolute atomic E-state index is 10.5. The lowest BCUT2D eigenvalue weighted by molar-refractivity contribution is -0.101. The summed E-state index contributed by atoms with van der Waals surface area (Å²) in [4.78, 5) is 17.0. The van der Waals surface area contributed by atoms with Crippen molar-refractivity contribution in [2.24, 2.45) is 0 Å². The van der Waals surface area contributed by atoms with Gasteiger partial charge in [-0.05, 0) is 27.7 Å². The molecule has 6 heteroatoms. The number of hydrogen-bond donors (Lipinski definition) is 3. The van der Waals surface area contributed by atoms with Gasteiger partial charge in [-0.2, -0.15) is 0 Å². The molecule has 0 aromatic rings. The van der Waals surface area contributed by atoms with E-state index in [9.17, 15) is 9.67 Å². The highest BCUT2D eigenvalue weighted by Crippen LogP contribution is 2.44. The predicted molar refractivity (Wildman–Crippen MR) is 43.5 cm³/mol. The summed E-state index contributed by atoms with van der Waals surface area (Å²) in [6, 6.07) is 0. The Labute approximate surface area is 71.6 Å². The van der Waals surface area contributed by atoms with Crippen molar-refractivity contribution >= 4 is 7.82 Å². The second-order valence-corrected chi connectivity index (χ2v) is 4.81. The molecule has 0 saturated heterocycles. The van der Waals surface area contributed by atoms with Crippen molar-refractivity contribution in [3.63, 3.8) is 0 Å². The summed E-state index contributed by atoms with van der Waals surface area (Å²) in [5.74, 6) is 0. The van der Waals surface area contributed by atoms with Gasteiger partial charge >= 0.3 is 7.82 Å². The third-order valence-corrected chi connectivity index (χ3v) is 2.51. The summed E-state index contributed by atoms with van der Waals surface area (Å²) < 4.78 is 14.9. The van der Waals surface area contributed by atoms with E-state index < -0.39 is 19.0 Å². The Bertz CT molecular complexity index is 198. The smallest absolute Gasteiger partial charge is 0.387 e. The normalized spacial score (nSPS) is 14.9. The molecule has 0 radical (unpaired) electrons. The quantitative estimate of drug-likeness (QED) is 0.579. The minimum Gasteiger partial charge on any atom is -0.387 e. The van der Waals surface area contributed by atoms with Gasteiger partial charge in [0.05, 0.1) is 5.60 Å². The first-order valence-electron chi connectivity index (χ1n) is 3.44. The van der Waals surface area contributed by atoms with E-state index in [0.717, 1.165) is 0 Å². The summed E-state index contributed by atoms with van der Waals surface area (Å²) in [5, 5.41) is 9.44. The Kier molecular flexibility index (Phi) is 3.10. The Hall–Kier alpha value is 0.0700. The van der Waals surface area contributed by atoms with Crippen LogP contribution in [0, 0.1) is 0 Å². The first-order valence-corrected chi connectivity index (χ1v) is 4.97. The van der Waals surface area contributed by atoms with E-state index in [-0.39, 0.29) is 0 Å². The molecule has 0 rings (SSSR count). The van der Waals surface area contributed by atoms with Crippen LogP contribution >= 0.6 is 7.82 Å². The van der Waals surface area contributed by atoms with E-state index in [4.69, 9.17) is 9.79 Å². The number of aliphatic hydroxyl groups is 1. The zero-order valence-corrected chi connectivity index (χ0v) is 8.50. The van der Waals surface area contributed by atoms with E-state index in [1.807, 2.05) is 0 Å². The molecule has 3 N–H and O–H groups in total. The molecule has 0 aliphatic carbocycles. The zero-order valence-electron chi connectivity index (χ0n) is 7.61. The molecule has 0 aromatic carbocycles. The van der Waals surface area contributed by atoms with Crippen molar-refractivity contribution in [2.45, 2.75) is 38.9 Å². The fraction of sp³-hybridized carbons (Fsp3) is 1.00. The van der Waals surface area contributed by atoms with E-state index in [1.165, 1.54) is 27.7 Å². The Morgan fingerprint density at radius 2 is 1.50 bits per heavy atom. The van der Waals surface area contributed by atoms with Gasteiger partial charge in [0.25, 0.3) is 0 Å². The van der Waals surface area contributed by atoms with Gasteiger partial charge in [-0.15, -0.1) is 0 Å². The van der Waals surface area contributed by atoms with Gasteiger partial charge in [-0.3, -0.25) is 4.52 Å². The lowest BCUT2D eigenvalue weighted by atomic mass is 9.90. The minimum absolute atomic E-state index is 1.29. The molecule has 0 aliphatic rings. The van der Waals surface area contributed by atoms with Gasteiger partial charge in [0.2, 0.25) is 0 Å². The lowest BCUT2D eigenvalue weighted by Gasteiger charge is -2.36. The topological polar surface area (TPSA) is 87.0 Å². The highest BCUT2D eigenvalue weighted by atomic mass is 31.2. The molecule has 0 unspecified atom stereocenters. The Morgan fingerprint density at radius 3 is 1.58 bits per heavy atom. The van der Waals surface area contributed by atoms with Crippen molar-refractivity contribution in [2.75, 3.05) is 0 Å². The van der Waals surface area contributed by atoms with Crippen LogP contribution in [0.1, 0.15) is 27.7 Å². The third kappa shape index (κ3) is 3.65. The molecule has 12 heavy (non-hydrogen) atoms. The van der Waals surface area contributed by atoms with Crippen LogP contribution in [0.15, 0.2) is 0 Å². The number of rotatable bonds is 3. The van der Waals surface area contributed by atoms with E-state index in [0.29, 0.717) is 0 Å². The Morgan fingerprint density at radius 1 is 1.17 bits per heavy atom. The van der Waals surface area contributed by atoms with Crippen LogP contribution in [-0.4, -0.2) is 26.1 Å². The van der Waals surface area contributed by atoms with Crippen LogP contribution in [0.2, 0.25) is 0 Å². The standard InChI is InChI=1S/C6H15O5P/c1-5(2,7)6(3,4)11-12(8,9)10/h7H,1-4H3,(H2,8,9,10). The molecule has 74 valence electrons. The van der Waals surface area contributed by atoms with Gasteiger partial charge in [0.15, 0.2) is 0 Å². The second-order valence-electron chi connectivity index (χ2n) is 3.65. The third-order valence-electron chi connectivity index (χ3n) is 1.82. The second kappa shape index (κ2) is 3.09. The number of phosphoric ester groups is 1. The summed E-state index contributed by atoms with van der Waals surface area (Å²) >= 11 is 0. The molecule has 5 nitrogen and oxygen atoms in total. The monoisotopic (exact) mass is 198 g/mol. The van der Waals surface area contributed by atoms with Crippen LogP contribution in [0.25, 0.3) is 0 Å². The SMILES string of the molecule is CC(C)(O)C(C)(C)OP(=O)(O)O. The van der Waals surface area contributed by atoms with E-state index >= 15 is 0 Å². The molecular formula is C6H15O5P. The summed E-state index contributed by atoms with van der Waals surface area (Å²) in [7, 11) is -4.54. The predicted octanol–water partition coefficient (Wildman–Crippen LogP) is 0.645. The highest BCUT2D eigenvalue weighted by molar-refractivity contribution is 7.46. The maximum atomic E-state index is 10.5. The van der Waals surface area contributed by atoms with Crippen molar-refractivity contribution in [1.82, 2.24) is 0 Å². The van der Waals surface area contributed by atoms with Crippen LogP contribution in [0.4, 0.5) is 0 Å². The summed E-state index contributed by atoms with van der Waals surface area (Å²) in [6.45, 7) is 5.66. The first kappa shape index (κ1) is 12.1. The largest absolute Gasteiger partial charge is 0.470 e. The van der Waals surface area contributed by atoms with Gasteiger partial charge in [-0.1, -0.05) is 0 Å². The van der Waals surface area contributed by atoms with Crippen LogP contribution < -0.4 is 0 Å². The van der Waals surface area contributed by atoms with Gasteiger partial charge in [0.1, 0.15) is 5.60 Å². The number of hydrogen-bond acceptors (Lipinski definition) is 3. The van der Waals surface area contributed by atoms with Crippen molar-refractivity contribution in [3.8, 4) is 0 Å². The molecule has 0 spiro atoms. The molecule has 0 fully saturated rings. The van der Waals surface area contributed by atoms with Crippen molar-refractivity contribution < 1.29 is 24.0 Å². The molecule has 0 bridgehead atoms. The van der Waals surface area contributed by atoms with Crippen LogP contribution in [0.5, 0.6) is 0 Å². The van der Waals surface area contributed by atoms with E-state index in [2.05, 4.69) is 4.52 Å². The van der Waals surface area contributed by atoms with Crippen LogP contribution in [0.3, 0.4) is 0 Å². The molecular weight excluding hydrogens is 183 g/mol. The molecule has 0 aliphatic heterocycles. The zero-order chi connectivity index (χ0) is 10.2. The highest BCUT2D eigenvalue weighted by Gasteiger charge is 2.41. The van der Waals surface area contributed by atoms with Crippen molar-refractivity contribution in [3.05, 3.63) is 0 Å².